The van der Waals surface area contributed by atoms with Gasteiger partial charge in [-0.05, 0) is 79.9 Å². The van der Waals surface area contributed by atoms with Gasteiger partial charge in [-0.3, -0.25) is 14.3 Å². The van der Waals surface area contributed by atoms with E-state index in [1.165, 1.54) is 43.3 Å². The Hall–Kier alpha value is -4.88. The summed E-state index contributed by atoms with van der Waals surface area (Å²) >= 11 is 0. The molecule has 4 aromatic carbocycles. The molecule has 0 aliphatic carbocycles. The zero-order valence-electron chi connectivity index (χ0n) is 26.0. The molecule has 1 saturated heterocycles. The number of piperidine rings is 1. The van der Waals surface area contributed by atoms with E-state index in [4.69, 9.17) is 14.5 Å². The fourth-order valence-electron chi connectivity index (χ4n) is 7.09. The molecular formula is C39H38N4O3. The number of rotatable bonds is 9. The Kier molecular flexibility index (Phi) is 7.76. The van der Waals surface area contributed by atoms with Gasteiger partial charge in [-0.1, -0.05) is 67.1 Å². The van der Waals surface area contributed by atoms with Crippen LogP contribution in [0.3, 0.4) is 0 Å². The second kappa shape index (κ2) is 12.5. The maximum Gasteiger partial charge on any atom is 0.261 e. The molecule has 0 N–H and O–H groups in total. The Balaban J connectivity index is 1.02. The van der Waals surface area contributed by atoms with Crippen LogP contribution in [0.1, 0.15) is 36.0 Å². The molecular weight excluding hydrogens is 572 g/mol. The summed E-state index contributed by atoms with van der Waals surface area (Å²) in [5.74, 6) is 2.45. The number of fused-ring (bicyclic) bond motifs is 6. The van der Waals surface area contributed by atoms with Crippen molar-refractivity contribution in [1.29, 1.82) is 0 Å². The number of benzene rings is 4. The van der Waals surface area contributed by atoms with Crippen molar-refractivity contribution in [2.45, 2.75) is 45.4 Å². The minimum Gasteiger partial charge on any atom is -0.492 e. The lowest BCUT2D eigenvalue weighted by Crippen LogP contribution is -2.33. The second-order valence-electron chi connectivity index (χ2n) is 12.4. The number of para-hydroxylation sites is 3. The van der Waals surface area contributed by atoms with Crippen LogP contribution in [0.15, 0.2) is 102 Å². The highest BCUT2D eigenvalue weighted by molar-refractivity contribution is 5.92. The van der Waals surface area contributed by atoms with Crippen LogP contribution in [0.25, 0.3) is 33.3 Å². The van der Waals surface area contributed by atoms with Gasteiger partial charge in [0.05, 0.1) is 16.6 Å². The second-order valence-corrected chi connectivity index (χ2v) is 12.4. The van der Waals surface area contributed by atoms with E-state index in [9.17, 15) is 4.79 Å². The molecule has 8 rings (SSSR count). The smallest absolute Gasteiger partial charge is 0.261 e. The zero-order chi connectivity index (χ0) is 30.9. The predicted octanol–water partition coefficient (Wildman–Crippen LogP) is 7.07. The normalized spacial score (nSPS) is 14.7. The van der Waals surface area contributed by atoms with Gasteiger partial charge in [0, 0.05) is 36.1 Å². The standard InChI is InChI=1S/C39H38N4O3/c44-39-33-12-3-5-13-34(33)40-38-37-32(20-23-42(38)39)31-11-4-6-14-35(31)43(37)26-28-16-18-30(19-17-28)46-27-29-10-2-7-15-36(29)45-25-24-41-21-8-1-9-22-41/h2-7,10-19H,1,8-9,20-27H2. The van der Waals surface area contributed by atoms with E-state index >= 15 is 0 Å². The Labute approximate surface area is 268 Å². The van der Waals surface area contributed by atoms with Gasteiger partial charge in [0.1, 0.15) is 24.7 Å². The van der Waals surface area contributed by atoms with Gasteiger partial charge in [0.2, 0.25) is 0 Å². The summed E-state index contributed by atoms with van der Waals surface area (Å²) in [4.78, 5) is 21.0. The molecule has 7 nitrogen and oxygen atoms in total. The molecule has 232 valence electrons. The molecule has 2 aliphatic heterocycles. The molecule has 0 unspecified atom stereocenters. The third-order valence-corrected chi connectivity index (χ3v) is 9.48. The van der Waals surface area contributed by atoms with Crippen molar-refractivity contribution in [1.82, 2.24) is 19.0 Å². The Bertz CT molecular complexity index is 2070. The number of aryl methyl sites for hydroxylation is 1. The first-order valence-corrected chi connectivity index (χ1v) is 16.5. The molecule has 0 spiro atoms. The summed E-state index contributed by atoms with van der Waals surface area (Å²) < 4.78 is 16.6. The molecule has 6 aromatic rings. The van der Waals surface area contributed by atoms with Gasteiger partial charge in [0.15, 0.2) is 5.82 Å². The Morgan fingerprint density at radius 3 is 2.37 bits per heavy atom. The van der Waals surface area contributed by atoms with E-state index in [1.807, 2.05) is 59.2 Å². The average molecular weight is 611 g/mol. The summed E-state index contributed by atoms with van der Waals surface area (Å²) in [5.41, 5.74) is 6.40. The lowest BCUT2D eigenvalue weighted by atomic mass is 10.0. The lowest BCUT2D eigenvalue weighted by Gasteiger charge is -2.26. The van der Waals surface area contributed by atoms with Gasteiger partial charge < -0.3 is 14.0 Å². The number of ether oxygens (including phenoxy) is 2. The summed E-state index contributed by atoms with van der Waals surface area (Å²) in [6, 6.07) is 32.7. The van der Waals surface area contributed by atoms with Crippen LogP contribution in [-0.2, 0) is 26.1 Å². The van der Waals surface area contributed by atoms with Crippen molar-refractivity contribution in [3.8, 4) is 23.0 Å². The van der Waals surface area contributed by atoms with E-state index in [2.05, 4.69) is 51.9 Å². The van der Waals surface area contributed by atoms with Crippen molar-refractivity contribution in [2.24, 2.45) is 0 Å². The largest absolute Gasteiger partial charge is 0.492 e. The highest BCUT2D eigenvalue weighted by atomic mass is 16.5. The summed E-state index contributed by atoms with van der Waals surface area (Å²) in [7, 11) is 0. The van der Waals surface area contributed by atoms with Gasteiger partial charge >= 0.3 is 0 Å². The number of aromatic nitrogens is 3. The van der Waals surface area contributed by atoms with Crippen molar-refractivity contribution in [3.05, 3.63) is 124 Å². The maximum absolute atomic E-state index is 13.5. The molecule has 2 aromatic heterocycles. The van der Waals surface area contributed by atoms with E-state index in [-0.39, 0.29) is 5.56 Å². The molecule has 1 fully saturated rings. The maximum atomic E-state index is 13.5. The van der Waals surface area contributed by atoms with Crippen molar-refractivity contribution >= 4 is 21.8 Å². The summed E-state index contributed by atoms with van der Waals surface area (Å²) in [5, 5.41) is 1.89. The molecule has 0 bridgehead atoms. The minimum absolute atomic E-state index is 0.0264. The Morgan fingerprint density at radius 2 is 1.50 bits per heavy atom. The van der Waals surface area contributed by atoms with Crippen LogP contribution in [0.2, 0.25) is 0 Å². The van der Waals surface area contributed by atoms with Gasteiger partial charge in [-0.25, -0.2) is 4.98 Å². The molecule has 46 heavy (non-hydrogen) atoms. The van der Waals surface area contributed by atoms with E-state index in [1.54, 1.807) is 0 Å². The first kappa shape index (κ1) is 28.6. The van der Waals surface area contributed by atoms with Crippen LogP contribution >= 0.6 is 0 Å². The van der Waals surface area contributed by atoms with Crippen molar-refractivity contribution in [3.63, 3.8) is 0 Å². The summed E-state index contributed by atoms with van der Waals surface area (Å²) in [6.45, 7) is 5.74. The van der Waals surface area contributed by atoms with Crippen LogP contribution in [0.5, 0.6) is 11.5 Å². The van der Waals surface area contributed by atoms with Crippen molar-refractivity contribution < 1.29 is 9.47 Å². The minimum atomic E-state index is 0.0264. The highest BCUT2D eigenvalue weighted by Gasteiger charge is 2.27. The third kappa shape index (κ3) is 5.45. The molecule has 0 atom stereocenters. The average Bonchev–Trinajstić information content (AvgIpc) is 3.42. The van der Waals surface area contributed by atoms with Crippen LogP contribution in [0.4, 0.5) is 0 Å². The fraction of sp³-hybridized carbons (Fsp3) is 0.282. The van der Waals surface area contributed by atoms with Crippen molar-refractivity contribution in [2.75, 3.05) is 26.2 Å². The lowest BCUT2D eigenvalue weighted by molar-refractivity contribution is 0.181. The van der Waals surface area contributed by atoms with Gasteiger partial charge in [0.25, 0.3) is 5.56 Å². The molecule has 0 radical (unpaired) electrons. The quantitative estimate of drug-likeness (QED) is 0.175. The highest BCUT2D eigenvalue weighted by Crippen LogP contribution is 2.37. The number of nitrogens with zero attached hydrogens (tertiary/aromatic N) is 4. The SMILES string of the molecule is O=c1c2ccccc2nc2n1CCc1c-2n(Cc2ccc(OCc3ccccc3OCCN3CCCCC3)cc2)c2ccccc12. The molecule has 0 saturated carbocycles. The van der Waals surface area contributed by atoms with Gasteiger partial charge in [-0.15, -0.1) is 0 Å². The fourth-order valence-corrected chi connectivity index (χ4v) is 7.09. The number of hydrogen-bond donors (Lipinski definition) is 0. The molecule has 2 aliphatic rings. The Morgan fingerprint density at radius 1 is 0.739 bits per heavy atom. The monoisotopic (exact) mass is 610 g/mol. The van der Waals surface area contributed by atoms with Gasteiger partial charge in [-0.2, -0.15) is 0 Å². The first-order chi connectivity index (χ1) is 22.7. The summed E-state index contributed by atoms with van der Waals surface area (Å²) in [6.07, 6.45) is 4.72. The number of hydrogen-bond acceptors (Lipinski definition) is 5. The molecule has 7 heteroatoms. The third-order valence-electron chi connectivity index (χ3n) is 9.48. The van der Waals surface area contributed by atoms with Crippen LogP contribution < -0.4 is 15.0 Å². The zero-order valence-corrected chi connectivity index (χ0v) is 26.0. The molecule has 4 heterocycles. The topological polar surface area (TPSA) is 61.5 Å². The first-order valence-electron chi connectivity index (χ1n) is 16.5. The predicted molar refractivity (Wildman–Crippen MR) is 183 cm³/mol. The van der Waals surface area contributed by atoms with E-state index in [0.29, 0.717) is 31.7 Å². The van der Waals surface area contributed by atoms with E-state index in [0.717, 1.165) is 58.1 Å². The van der Waals surface area contributed by atoms with Crippen LogP contribution in [0, 0.1) is 0 Å². The van der Waals surface area contributed by atoms with E-state index < -0.39 is 0 Å². The van der Waals surface area contributed by atoms with Crippen LogP contribution in [-0.4, -0.2) is 45.3 Å². The number of likely N-dealkylation sites (tertiary alicyclic amines) is 1. The molecule has 0 amide bonds.